The summed E-state index contributed by atoms with van der Waals surface area (Å²) in [5.74, 6) is -0.243. The summed E-state index contributed by atoms with van der Waals surface area (Å²) in [5.41, 5.74) is 0. The van der Waals surface area contributed by atoms with Gasteiger partial charge in [0.15, 0.2) is 9.84 Å². The van der Waals surface area contributed by atoms with E-state index in [1.807, 2.05) is 0 Å². The Morgan fingerprint density at radius 1 is 1.18 bits per heavy atom. The summed E-state index contributed by atoms with van der Waals surface area (Å²) in [6.07, 6.45) is 2.51. The standard InChI is InChI=1S/C12H16O4S/c13-9-12(7-3-4-8-12)17(15,16)11-6-2-1-5-10(11)14/h1-2,5-6,13-14H,3-4,7-9H2. The second-order valence-electron chi connectivity index (χ2n) is 4.52. The van der Waals surface area contributed by atoms with Crippen molar-refractivity contribution in [2.24, 2.45) is 0 Å². The van der Waals surface area contributed by atoms with Crippen molar-refractivity contribution in [3.8, 4) is 5.75 Å². The highest BCUT2D eigenvalue weighted by Gasteiger charge is 2.47. The molecule has 1 aromatic carbocycles. The number of sulfone groups is 1. The molecule has 0 bridgehead atoms. The Kier molecular flexibility index (Phi) is 3.14. The van der Waals surface area contributed by atoms with E-state index in [0.717, 1.165) is 12.8 Å². The van der Waals surface area contributed by atoms with E-state index in [0.29, 0.717) is 12.8 Å². The molecule has 0 atom stereocenters. The largest absolute Gasteiger partial charge is 0.507 e. The lowest BCUT2D eigenvalue weighted by Gasteiger charge is -2.26. The number of aliphatic hydroxyl groups excluding tert-OH is 1. The van der Waals surface area contributed by atoms with Gasteiger partial charge in [0.25, 0.3) is 0 Å². The molecule has 1 aliphatic carbocycles. The maximum Gasteiger partial charge on any atom is 0.189 e. The van der Waals surface area contributed by atoms with Crippen LogP contribution in [-0.4, -0.2) is 30.0 Å². The van der Waals surface area contributed by atoms with Crippen LogP contribution < -0.4 is 0 Å². The van der Waals surface area contributed by atoms with E-state index in [1.54, 1.807) is 12.1 Å². The maximum absolute atomic E-state index is 12.5. The summed E-state index contributed by atoms with van der Waals surface area (Å²) in [6, 6.07) is 5.90. The van der Waals surface area contributed by atoms with Crippen molar-refractivity contribution < 1.29 is 18.6 Å². The minimum atomic E-state index is -3.68. The number of para-hydroxylation sites is 1. The fraction of sp³-hybridized carbons (Fsp3) is 0.500. The van der Waals surface area contributed by atoms with E-state index in [1.165, 1.54) is 12.1 Å². The van der Waals surface area contributed by atoms with Crippen LogP contribution in [0.5, 0.6) is 5.75 Å². The Balaban J connectivity index is 2.53. The van der Waals surface area contributed by atoms with Gasteiger partial charge < -0.3 is 10.2 Å². The third kappa shape index (κ3) is 1.83. The van der Waals surface area contributed by atoms with Crippen LogP contribution in [-0.2, 0) is 9.84 Å². The number of hydrogen-bond acceptors (Lipinski definition) is 4. The van der Waals surface area contributed by atoms with Crippen LogP contribution >= 0.6 is 0 Å². The van der Waals surface area contributed by atoms with E-state index < -0.39 is 14.6 Å². The van der Waals surface area contributed by atoms with Gasteiger partial charge in [-0.05, 0) is 25.0 Å². The molecule has 0 heterocycles. The first-order valence-electron chi connectivity index (χ1n) is 5.67. The lowest BCUT2D eigenvalue weighted by Crippen LogP contribution is -2.39. The summed E-state index contributed by atoms with van der Waals surface area (Å²) in [5, 5.41) is 19.1. The van der Waals surface area contributed by atoms with Crippen LogP contribution in [0.2, 0.25) is 0 Å². The van der Waals surface area contributed by atoms with E-state index in [4.69, 9.17) is 0 Å². The van der Waals surface area contributed by atoms with Crippen molar-refractivity contribution in [2.75, 3.05) is 6.61 Å². The van der Waals surface area contributed by atoms with Crippen LogP contribution in [0, 0.1) is 0 Å². The van der Waals surface area contributed by atoms with Crippen molar-refractivity contribution in [1.29, 1.82) is 0 Å². The Hall–Kier alpha value is -1.07. The highest BCUT2D eigenvalue weighted by atomic mass is 32.2. The lowest BCUT2D eigenvalue weighted by molar-refractivity contribution is 0.242. The monoisotopic (exact) mass is 256 g/mol. The van der Waals surface area contributed by atoms with Gasteiger partial charge in [-0.3, -0.25) is 0 Å². The fourth-order valence-electron chi connectivity index (χ4n) is 2.45. The van der Waals surface area contributed by atoms with Gasteiger partial charge in [0, 0.05) is 0 Å². The molecular weight excluding hydrogens is 240 g/mol. The van der Waals surface area contributed by atoms with Gasteiger partial charge in [0.2, 0.25) is 0 Å². The van der Waals surface area contributed by atoms with Crippen molar-refractivity contribution >= 4 is 9.84 Å². The minimum absolute atomic E-state index is 0.0732. The predicted molar refractivity (Wildman–Crippen MR) is 63.6 cm³/mol. The van der Waals surface area contributed by atoms with E-state index >= 15 is 0 Å². The molecule has 4 nitrogen and oxygen atoms in total. The molecule has 1 aromatic rings. The van der Waals surface area contributed by atoms with Gasteiger partial charge in [-0.1, -0.05) is 25.0 Å². The number of rotatable bonds is 3. The molecule has 5 heteroatoms. The molecule has 1 aliphatic rings. The quantitative estimate of drug-likeness (QED) is 0.858. The summed E-state index contributed by atoms with van der Waals surface area (Å²) in [6.45, 7) is -0.385. The zero-order valence-corrected chi connectivity index (χ0v) is 10.3. The first kappa shape index (κ1) is 12.4. The average molecular weight is 256 g/mol. The van der Waals surface area contributed by atoms with E-state index in [9.17, 15) is 18.6 Å². The van der Waals surface area contributed by atoms with Gasteiger partial charge in [-0.15, -0.1) is 0 Å². The van der Waals surface area contributed by atoms with Crippen LogP contribution in [0.25, 0.3) is 0 Å². The summed E-state index contributed by atoms with van der Waals surface area (Å²) < 4.78 is 23.9. The van der Waals surface area contributed by atoms with Gasteiger partial charge >= 0.3 is 0 Å². The maximum atomic E-state index is 12.5. The van der Waals surface area contributed by atoms with Crippen LogP contribution in [0.3, 0.4) is 0 Å². The smallest absolute Gasteiger partial charge is 0.189 e. The van der Waals surface area contributed by atoms with Crippen molar-refractivity contribution in [1.82, 2.24) is 0 Å². The highest BCUT2D eigenvalue weighted by Crippen LogP contribution is 2.42. The minimum Gasteiger partial charge on any atom is -0.507 e. The van der Waals surface area contributed by atoms with Gasteiger partial charge in [0.1, 0.15) is 10.6 Å². The first-order chi connectivity index (χ1) is 8.03. The number of phenols is 1. The van der Waals surface area contributed by atoms with Gasteiger partial charge in [-0.25, -0.2) is 8.42 Å². The third-order valence-electron chi connectivity index (χ3n) is 3.53. The van der Waals surface area contributed by atoms with E-state index in [-0.39, 0.29) is 17.3 Å². The molecule has 1 fully saturated rings. The molecule has 0 aliphatic heterocycles. The van der Waals surface area contributed by atoms with Crippen LogP contribution in [0.4, 0.5) is 0 Å². The Bertz CT molecular complexity index is 501. The molecular formula is C12H16O4S. The number of aromatic hydroxyl groups is 1. The van der Waals surface area contributed by atoms with Gasteiger partial charge in [0.05, 0.1) is 11.4 Å². The van der Waals surface area contributed by atoms with Gasteiger partial charge in [-0.2, -0.15) is 0 Å². The molecule has 2 rings (SSSR count). The fourth-order valence-corrected chi connectivity index (χ4v) is 4.51. The molecule has 94 valence electrons. The zero-order valence-electron chi connectivity index (χ0n) is 9.46. The summed E-state index contributed by atoms with van der Waals surface area (Å²) in [4.78, 5) is -0.0732. The number of benzene rings is 1. The zero-order chi connectivity index (χ0) is 12.5. The highest BCUT2D eigenvalue weighted by molar-refractivity contribution is 7.93. The molecule has 0 amide bonds. The average Bonchev–Trinajstić information content (AvgIpc) is 2.79. The van der Waals surface area contributed by atoms with Crippen molar-refractivity contribution in [2.45, 2.75) is 35.3 Å². The SMILES string of the molecule is O=S(=O)(c1ccccc1O)C1(CO)CCCC1. The topological polar surface area (TPSA) is 74.6 Å². The molecule has 0 unspecified atom stereocenters. The van der Waals surface area contributed by atoms with Crippen molar-refractivity contribution in [3.63, 3.8) is 0 Å². The Morgan fingerprint density at radius 2 is 1.76 bits per heavy atom. The second kappa shape index (κ2) is 4.31. The normalized spacial score (nSPS) is 19.4. The second-order valence-corrected chi connectivity index (χ2v) is 6.83. The molecule has 0 saturated heterocycles. The first-order valence-corrected chi connectivity index (χ1v) is 7.15. The van der Waals surface area contributed by atoms with E-state index in [2.05, 4.69) is 0 Å². The predicted octanol–water partition coefficient (Wildman–Crippen LogP) is 1.47. The Labute approximate surface area is 101 Å². The molecule has 0 radical (unpaired) electrons. The van der Waals surface area contributed by atoms with Crippen molar-refractivity contribution in [3.05, 3.63) is 24.3 Å². The number of phenolic OH excluding ortho intramolecular Hbond substituents is 1. The Morgan fingerprint density at radius 3 is 2.29 bits per heavy atom. The third-order valence-corrected chi connectivity index (χ3v) is 6.13. The summed E-state index contributed by atoms with van der Waals surface area (Å²) in [7, 11) is -3.68. The number of hydrogen-bond donors (Lipinski definition) is 2. The molecule has 1 saturated carbocycles. The molecule has 0 spiro atoms. The molecule has 17 heavy (non-hydrogen) atoms. The molecule has 0 aromatic heterocycles. The summed E-state index contributed by atoms with van der Waals surface area (Å²) >= 11 is 0. The lowest BCUT2D eigenvalue weighted by atomic mass is 10.1. The number of aliphatic hydroxyl groups is 1. The van der Waals surface area contributed by atoms with Crippen LogP contribution in [0.1, 0.15) is 25.7 Å². The van der Waals surface area contributed by atoms with Crippen LogP contribution in [0.15, 0.2) is 29.2 Å². The molecule has 2 N–H and O–H groups in total.